The smallest absolute Gasteiger partial charge is 0.234 e. The van der Waals surface area contributed by atoms with Crippen LogP contribution in [0.2, 0.25) is 0 Å². The van der Waals surface area contributed by atoms with Crippen molar-refractivity contribution in [3.63, 3.8) is 0 Å². The second-order valence-electron chi connectivity index (χ2n) is 5.55. The van der Waals surface area contributed by atoms with E-state index >= 15 is 0 Å². The molecule has 1 fully saturated rings. The molecule has 1 amide bonds. The van der Waals surface area contributed by atoms with Crippen molar-refractivity contribution < 1.29 is 4.79 Å². The molecular weight excluding hydrogens is 240 g/mol. The molecule has 3 unspecified atom stereocenters. The number of nitrogens with one attached hydrogen (secondary N) is 1. The molecule has 2 rings (SSSR count). The van der Waals surface area contributed by atoms with E-state index in [2.05, 4.69) is 36.5 Å². The van der Waals surface area contributed by atoms with E-state index in [0.717, 1.165) is 37.9 Å². The molecule has 1 aromatic rings. The second-order valence-corrected chi connectivity index (χ2v) is 5.55. The maximum absolute atomic E-state index is 11.2. The van der Waals surface area contributed by atoms with Crippen molar-refractivity contribution in [1.29, 1.82) is 0 Å². The Morgan fingerprint density at radius 1 is 1.68 bits per heavy atom. The fourth-order valence-electron chi connectivity index (χ4n) is 2.61. The third-order valence-corrected chi connectivity index (χ3v) is 4.06. The lowest BCUT2D eigenvalue weighted by molar-refractivity contribution is -0.120. The summed E-state index contributed by atoms with van der Waals surface area (Å²) in [4.78, 5) is 11.2. The molecule has 1 aromatic heterocycles. The zero-order valence-corrected chi connectivity index (χ0v) is 11.8. The SMILES string of the molecule is CCC(C)n1ccc(CC2CCNC(C(N)=O)C2)n1. The van der Waals surface area contributed by atoms with E-state index in [-0.39, 0.29) is 11.9 Å². The van der Waals surface area contributed by atoms with Crippen molar-refractivity contribution >= 4 is 5.91 Å². The lowest BCUT2D eigenvalue weighted by atomic mass is 9.88. The highest BCUT2D eigenvalue weighted by Gasteiger charge is 2.25. The first-order valence-corrected chi connectivity index (χ1v) is 7.16. The monoisotopic (exact) mass is 264 g/mol. The third-order valence-electron chi connectivity index (χ3n) is 4.06. The van der Waals surface area contributed by atoms with Gasteiger partial charge in [-0.15, -0.1) is 0 Å². The third kappa shape index (κ3) is 3.56. The van der Waals surface area contributed by atoms with Crippen LogP contribution >= 0.6 is 0 Å². The van der Waals surface area contributed by atoms with E-state index in [1.165, 1.54) is 0 Å². The Labute approximate surface area is 114 Å². The van der Waals surface area contributed by atoms with Crippen molar-refractivity contribution in [3.8, 4) is 0 Å². The van der Waals surface area contributed by atoms with Crippen molar-refractivity contribution in [2.75, 3.05) is 6.54 Å². The van der Waals surface area contributed by atoms with Gasteiger partial charge in [0, 0.05) is 12.2 Å². The van der Waals surface area contributed by atoms with Crippen molar-refractivity contribution in [3.05, 3.63) is 18.0 Å². The molecular formula is C14H24N4O. The molecule has 1 saturated heterocycles. The summed E-state index contributed by atoms with van der Waals surface area (Å²) in [5, 5.41) is 7.79. The predicted octanol–water partition coefficient (Wildman–Crippen LogP) is 1.25. The first-order valence-electron chi connectivity index (χ1n) is 7.16. The second kappa shape index (κ2) is 6.19. The Hall–Kier alpha value is -1.36. The molecule has 5 nitrogen and oxygen atoms in total. The fraction of sp³-hybridized carbons (Fsp3) is 0.714. The van der Waals surface area contributed by atoms with Crippen LogP contribution in [0, 0.1) is 5.92 Å². The summed E-state index contributed by atoms with van der Waals surface area (Å²) in [5.74, 6) is 0.258. The molecule has 0 spiro atoms. The van der Waals surface area contributed by atoms with Crippen LogP contribution in [0.5, 0.6) is 0 Å². The summed E-state index contributed by atoms with van der Waals surface area (Å²) in [7, 11) is 0. The molecule has 5 heteroatoms. The molecule has 19 heavy (non-hydrogen) atoms. The molecule has 0 bridgehead atoms. The van der Waals surface area contributed by atoms with Crippen molar-refractivity contribution in [1.82, 2.24) is 15.1 Å². The first kappa shape index (κ1) is 14.1. The summed E-state index contributed by atoms with van der Waals surface area (Å²) in [6.45, 7) is 5.20. The zero-order chi connectivity index (χ0) is 13.8. The van der Waals surface area contributed by atoms with E-state index in [1.807, 2.05) is 4.68 Å². The average molecular weight is 264 g/mol. The summed E-state index contributed by atoms with van der Waals surface area (Å²) in [5.41, 5.74) is 6.48. The largest absolute Gasteiger partial charge is 0.368 e. The standard InChI is InChI=1S/C14H24N4O/c1-3-10(2)18-7-5-12(17-18)8-11-4-6-16-13(9-11)14(15)19/h5,7,10-11,13,16H,3-4,6,8-9H2,1-2H3,(H2,15,19). The van der Waals surface area contributed by atoms with Crippen LogP contribution in [0.1, 0.15) is 44.8 Å². The Morgan fingerprint density at radius 3 is 3.16 bits per heavy atom. The molecule has 0 saturated carbocycles. The van der Waals surface area contributed by atoms with Gasteiger partial charge in [-0.2, -0.15) is 5.10 Å². The molecule has 0 aliphatic carbocycles. The summed E-state index contributed by atoms with van der Waals surface area (Å²) in [6, 6.07) is 2.36. The number of hydrogen-bond acceptors (Lipinski definition) is 3. The van der Waals surface area contributed by atoms with Gasteiger partial charge in [0.25, 0.3) is 0 Å². The number of carbonyl (C=O) groups excluding carboxylic acids is 1. The number of amides is 1. The zero-order valence-electron chi connectivity index (χ0n) is 11.8. The Balaban J connectivity index is 1.93. The van der Waals surface area contributed by atoms with Gasteiger partial charge in [-0.25, -0.2) is 0 Å². The van der Waals surface area contributed by atoms with E-state index in [0.29, 0.717) is 12.0 Å². The van der Waals surface area contributed by atoms with Gasteiger partial charge in [-0.05, 0) is 51.1 Å². The minimum Gasteiger partial charge on any atom is -0.368 e. The number of aromatic nitrogens is 2. The van der Waals surface area contributed by atoms with Gasteiger partial charge in [-0.1, -0.05) is 6.92 Å². The Bertz CT molecular complexity index is 429. The Morgan fingerprint density at radius 2 is 2.47 bits per heavy atom. The van der Waals surface area contributed by atoms with Crippen LogP contribution in [0.4, 0.5) is 0 Å². The number of piperidine rings is 1. The molecule has 3 atom stereocenters. The minimum absolute atomic E-state index is 0.171. The van der Waals surface area contributed by atoms with Gasteiger partial charge in [-0.3, -0.25) is 9.48 Å². The quantitative estimate of drug-likeness (QED) is 0.840. The topological polar surface area (TPSA) is 72.9 Å². The van der Waals surface area contributed by atoms with E-state index < -0.39 is 0 Å². The fourth-order valence-corrected chi connectivity index (χ4v) is 2.61. The van der Waals surface area contributed by atoms with E-state index in [4.69, 9.17) is 5.73 Å². The molecule has 1 aliphatic heterocycles. The highest BCUT2D eigenvalue weighted by atomic mass is 16.1. The molecule has 3 N–H and O–H groups in total. The van der Waals surface area contributed by atoms with Crippen LogP contribution in [0.3, 0.4) is 0 Å². The van der Waals surface area contributed by atoms with Gasteiger partial charge in [0.05, 0.1) is 11.7 Å². The first-order chi connectivity index (χ1) is 9.10. The maximum atomic E-state index is 11.2. The van der Waals surface area contributed by atoms with Crippen LogP contribution in [-0.2, 0) is 11.2 Å². The molecule has 0 aromatic carbocycles. The van der Waals surface area contributed by atoms with Crippen LogP contribution < -0.4 is 11.1 Å². The van der Waals surface area contributed by atoms with Gasteiger partial charge in [0.1, 0.15) is 0 Å². The molecule has 106 valence electrons. The molecule has 1 aliphatic rings. The normalized spacial score (nSPS) is 25.2. The molecule has 2 heterocycles. The average Bonchev–Trinajstić information content (AvgIpc) is 2.86. The van der Waals surface area contributed by atoms with Gasteiger partial charge in [0.15, 0.2) is 0 Å². The van der Waals surface area contributed by atoms with Crippen LogP contribution in [0.25, 0.3) is 0 Å². The van der Waals surface area contributed by atoms with Gasteiger partial charge < -0.3 is 11.1 Å². The van der Waals surface area contributed by atoms with Crippen molar-refractivity contribution in [2.24, 2.45) is 11.7 Å². The number of rotatable bonds is 5. The molecule has 0 radical (unpaired) electrons. The van der Waals surface area contributed by atoms with E-state index in [1.54, 1.807) is 0 Å². The van der Waals surface area contributed by atoms with Crippen LogP contribution in [-0.4, -0.2) is 28.3 Å². The highest BCUT2D eigenvalue weighted by molar-refractivity contribution is 5.79. The Kier molecular flexibility index (Phi) is 4.58. The number of hydrogen-bond donors (Lipinski definition) is 2. The van der Waals surface area contributed by atoms with Crippen LogP contribution in [0.15, 0.2) is 12.3 Å². The highest BCUT2D eigenvalue weighted by Crippen LogP contribution is 2.21. The lowest BCUT2D eigenvalue weighted by Gasteiger charge is -2.27. The van der Waals surface area contributed by atoms with Crippen molar-refractivity contribution in [2.45, 2.75) is 51.6 Å². The number of nitrogens with zero attached hydrogens (tertiary/aromatic N) is 2. The minimum atomic E-state index is -0.241. The summed E-state index contributed by atoms with van der Waals surface area (Å²) in [6.07, 6.45) is 5.98. The van der Waals surface area contributed by atoms with Gasteiger partial charge >= 0.3 is 0 Å². The maximum Gasteiger partial charge on any atom is 0.234 e. The van der Waals surface area contributed by atoms with Gasteiger partial charge in [0.2, 0.25) is 5.91 Å². The summed E-state index contributed by atoms with van der Waals surface area (Å²) < 4.78 is 2.03. The summed E-state index contributed by atoms with van der Waals surface area (Å²) >= 11 is 0. The number of nitrogens with two attached hydrogens (primary N) is 1. The van der Waals surface area contributed by atoms with E-state index in [9.17, 15) is 4.79 Å². The lowest BCUT2D eigenvalue weighted by Crippen LogP contribution is -2.47. The number of carbonyl (C=O) groups is 1. The number of primary amides is 1. The predicted molar refractivity (Wildman–Crippen MR) is 74.6 cm³/mol.